The summed E-state index contributed by atoms with van der Waals surface area (Å²) in [4.78, 5) is 0. The van der Waals surface area contributed by atoms with Crippen LogP contribution in [0.1, 0.15) is 33.2 Å². The molecule has 0 aliphatic rings. The molecule has 2 rings (SSSR count). The first-order chi connectivity index (χ1) is 10.1. The Labute approximate surface area is 111 Å². The number of hydrogen-bond acceptors (Lipinski definition) is 1. The van der Waals surface area contributed by atoms with Crippen LogP contribution in [0.2, 0.25) is 0 Å². The van der Waals surface area contributed by atoms with Crippen LogP contribution in [0.3, 0.4) is 0 Å². The van der Waals surface area contributed by atoms with Gasteiger partial charge in [-0.25, -0.2) is 0 Å². The van der Waals surface area contributed by atoms with E-state index in [1.807, 2.05) is 24.3 Å². The van der Waals surface area contributed by atoms with Crippen molar-refractivity contribution in [1.29, 1.82) is 0 Å². The van der Waals surface area contributed by atoms with Crippen molar-refractivity contribution in [2.45, 2.75) is 26.2 Å². The average Bonchev–Trinajstić information content (AvgIpc) is 2.47. The van der Waals surface area contributed by atoms with Gasteiger partial charge in [0, 0.05) is 11.4 Å². The topological polar surface area (TPSA) is 12.0 Å². The van der Waals surface area contributed by atoms with Crippen LogP contribution in [-0.4, -0.2) is 0 Å². The van der Waals surface area contributed by atoms with Gasteiger partial charge in [-0.2, -0.15) is 0 Å². The smallest absolute Gasteiger partial charge is 0.0645 e. The van der Waals surface area contributed by atoms with Gasteiger partial charge in [0.05, 0.1) is 6.85 Å². The number of nitrogens with one attached hydrogen (secondary N) is 1. The number of hydrogen-bond donors (Lipinski definition) is 1. The van der Waals surface area contributed by atoms with Crippen molar-refractivity contribution in [3.63, 3.8) is 0 Å². The fourth-order valence-corrected chi connectivity index (χ4v) is 1.52. The van der Waals surface area contributed by atoms with Gasteiger partial charge in [-0.1, -0.05) is 51.0 Å². The molecule has 0 atom stereocenters. The minimum atomic E-state index is -0.385. The SMILES string of the molecule is [2H]c1c([2H])c([2H])c(Nc2cccc(C(C)(C)C)c2)c([2H])c1[2H]. The Balaban J connectivity index is 2.49. The van der Waals surface area contributed by atoms with Crippen LogP contribution in [-0.2, 0) is 5.41 Å². The molecule has 1 N–H and O–H groups in total. The summed E-state index contributed by atoms with van der Waals surface area (Å²) in [5, 5.41) is 2.96. The van der Waals surface area contributed by atoms with Gasteiger partial charge in [0.15, 0.2) is 0 Å². The predicted molar refractivity (Wildman–Crippen MR) is 74.9 cm³/mol. The molecule has 0 heterocycles. The molecule has 0 aliphatic carbocycles. The number of para-hydroxylation sites is 1. The average molecular weight is 230 g/mol. The lowest BCUT2D eigenvalue weighted by Crippen LogP contribution is -2.10. The highest BCUT2D eigenvalue weighted by molar-refractivity contribution is 5.60. The summed E-state index contributed by atoms with van der Waals surface area (Å²) in [6, 6.07) is 6.12. The van der Waals surface area contributed by atoms with E-state index in [2.05, 4.69) is 26.1 Å². The molecule has 1 heteroatoms. The van der Waals surface area contributed by atoms with E-state index in [9.17, 15) is 0 Å². The number of anilines is 2. The molecule has 2 aromatic rings. The van der Waals surface area contributed by atoms with Crippen LogP contribution in [0.15, 0.2) is 54.5 Å². The highest BCUT2D eigenvalue weighted by atomic mass is 14.9. The van der Waals surface area contributed by atoms with Gasteiger partial charge in [-0.3, -0.25) is 0 Å². The molecule has 2 aromatic carbocycles. The lowest BCUT2D eigenvalue weighted by atomic mass is 9.87. The molecule has 0 bridgehead atoms. The Hall–Kier alpha value is -1.76. The third kappa shape index (κ3) is 3.10. The first-order valence-electron chi connectivity index (χ1n) is 8.07. The van der Waals surface area contributed by atoms with Gasteiger partial charge in [-0.05, 0) is 35.2 Å². The van der Waals surface area contributed by atoms with Gasteiger partial charge < -0.3 is 5.32 Å². The van der Waals surface area contributed by atoms with E-state index >= 15 is 0 Å². The molecule has 17 heavy (non-hydrogen) atoms. The first-order valence-corrected chi connectivity index (χ1v) is 5.57. The lowest BCUT2D eigenvalue weighted by Gasteiger charge is -2.20. The minimum Gasteiger partial charge on any atom is -0.356 e. The highest BCUT2D eigenvalue weighted by Crippen LogP contribution is 2.26. The van der Waals surface area contributed by atoms with Crippen molar-refractivity contribution in [2.75, 3.05) is 5.32 Å². The Morgan fingerprint density at radius 3 is 2.35 bits per heavy atom. The fourth-order valence-electron chi connectivity index (χ4n) is 1.52. The quantitative estimate of drug-likeness (QED) is 0.786. The van der Waals surface area contributed by atoms with Gasteiger partial charge in [0.2, 0.25) is 0 Å². The minimum absolute atomic E-state index is 0.0303. The van der Waals surface area contributed by atoms with Gasteiger partial charge >= 0.3 is 0 Å². The third-order valence-corrected chi connectivity index (χ3v) is 2.50. The van der Waals surface area contributed by atoms with E-state index in [1.165, 1.54) is 0 Å². The van der Waals surface area contributed by atoms with Crippen LogP contribution in [0.4, 0.5) is 11.4 Å². The molecule has 0 spiro atoms. The molecule has 0 saturated carbocycles. The fraction of sp³-hybridized carbons (Fsp3) is 0.250. The van der Waals surface area contributed by atoms with Crippen LogP contribution in [0.25, 0.3) is 0 Å². The summed E-state index contributed by atoms with van der Waals surface area (Å²) in [6.45, 7) is 6.28. The maximum absolute atomic E-state index is 7.93. The van der Waals surface area contributed by atoms with Crippen molar-refractivity contribution in [3.8, 4) is 0 Å². The van der Waals surface area contributed by atoms with Crippen molar-refractivity contribution >= 4 is 11.4 Å². The van der Waals surface area contributed by atoms with Crippen molar-refractivity contribution in [1.82, 2.24) is 0 Å². The zero-order valence-electron chi connectivity index (χ0n) is 15.3. The van der Waals surface area contributed by atoms with Crippen LogP contribution >= 0.6 is 0 Å². The summed E-state index contributed by atoms with van der Waals surface area (Å²) >= 11 is 0. The van der Waals surface area contributed by atoms with Crippen molar-refractivity contribution < 1.29 is 6.85 Å². The lowest BCUT2D eigenvalue weighted by molar-refractivity contribution is 0.590. The van der Waals surface area contributed by atoms with Crippen molar-refractivity contribution in [3.05, 3.63) is 60.0 Å². The molecule has 0 fully saturated rings. The van der Waals surface area contributed by atoms with E-state index in [1.54, 1.807) is 0 Å². The molecule has 0 saturated heterocycles. The summed E-state index contributed by atoms with van der Waals surface area (Å²) in [6.07, 6.45) is 0. The van der Waals surface area contributed by atoms with Gasteiger partial charge in [0.25, 0.3) is 0 Å². The highest BCUT2D eigenvalue weighted by Gasteiger charge is 2.13. The molecule has 0 aromatic heterocycles. The second-order valence-electron chi connectivity index (χ2n) is 4.96. The van der Waals surface area contributed by atoms with Crippen LogP contribution in [0, 0.1) is 0 Å². The summed E-state index contributed by atoms with van der Waals surface area (Å²) in [5.74, 6) is 0. The predicted octanol–water partition coefficient (Wildman–Crippen LogP) is 4.73. The second kappa shape index (κ2) is 4.62. The molecule has 0 radical (unpaired) electrons. The van der Waals surface area contributed by atoms with E-state index < -0.39 is 0 Å². The van der Waals surface area contributed by atoms with E-state index in [-0.39, 0.29) is 41.3 Å². The van der Waals surface area contributed by atoms with Crippen LogP contribution < -0.4 is 5.32 Å². The van der Waals surface area contributed by atoms with Crippen LogP contribution in [0.5, 0.6) is 0 Å². The Kier molecular flexibility index (Phi) is 1.86. The van der Waals surface area contributed by atoms with E-state index in [0.717, 1.165) is 5.56 Å². The zero-order valence-corrected chi connectivity index (χ0v) is 10.3. The molecule has 0 amide bonds. The van der Waals surface area contributed by atoms with Crippen molar-refractivity contribution in [2.24, 2.45) is 0 Å². The molecule has 1 nitrogen and oxygen atoms in total. The molecular weight excluding hydrogens is 206 g/mol. The molecule has 0 unspecified atom stereocenters. The second-order valence-corrected chi connectivity index (χ2v) is 4.96. The Morgan fingerprint density at radius 2 is 1.71 bits per heavy atom. The summed E-state index contributed by atoms with van der Waals surface area (Å²) < 4.78 is 38.9. The van der Waals surface area contributed by atoms with Gasteiger partial charge in [-0.15, -0.1) is 0 Å². The number of rotatable bonds is 2. The van der Waals surface area contributed by atoms with E-state index in [0.29, 0.717) is 5.69 Å². The molecular formula is C16H19N. The third-order valence-electron chi connectivity index (χ3n) is 2.50. The standard InChI is InChI=1S/C16H19N/c1-16(2,3)13-8-7-11-15(12-13)17-14-9-5-4-6-10-14/h4-12,17H,1-3H3/i4D,5D,6D,9D,10D. The Morgan fingerprint density at radius 1 is 1.00 bits per heavy atom. The first kappa shape index (κ1) is 6.85. The monoisotopic (exact) mass is 230 g/mol. The van der Waals surface area contributed by atoms with Gasteiger partial charge in [0.1, 0.15) is 0 Å². The maximum Gasteiger partial charge on any atom is 0.0645 e. The molecule has 0 aliphatic heterocycles. The summed E-state index contributed by atoms with van der Waals surface area (Å²) in [7, 11) is 0. The summed E-state index contributed by atoms with van der Waals surface area (Å²) in [5.41, 5.74) is 1.87. The normalized spacial score (nSPS) is 15.4. The largest absolute Gasteiger partial charge is 0.356 e. The van der Waals surface area contributed by atoms with E-state index in [4.69, 9.17) is 6.85 Å². The maximum atomic E-state index is 7.93. The zero-order chi connectivity index (χ0) is 16.7. The molecule has 88 valence electrons. The number of benzene rings is 2. The Bertz CT molecular complexity index is 690.